The van der Waals surface area contributed by atoms with Gasteiger partial charge in [0.2, 0.25) is 0 Å². The smallest absolute Gasteiger partial charge is 0.0526 e. The Kier molecular flexibility index (Phi) is 4.02. The van der Waals surface area contributed by atoms with E-state index in [-0.39, 0.29) is 6.04 Å². The maximum absolute atomic E-state index is 6.14. The van der Waals surface area contributed by atoms with E-state index >= 15 is 0 Å². The fraction of sp³-hybridized carbons (Fsp3) is 0.571. The zero-order chi connectivity index (χ0) is 12.3. The summed E-state index contributed by atoms with van der Waals surface area (Å²) in [7, 11) is 2.13. The van der Waals surface area contributed by atoms with Crippen molar-refractivity contribution in [2.75, 3.05) is 31.7 Å². The van der Waals surface area contributed by atoms with Crippen molar-refractivity contribution < 1.29 is 4.74 Å². The van der Waals surface area contributed by atoms with Gasteiger partial charge in [-0.3, -0.25) is 0 Å². The van der Waals surface area contributed by atoms with Gasteiger partial charge in [-0.15, -0.1) is 0 Å². The van der Waals surface area contributed by atoms with Gasteiger partial charge in [0.1, 0.15) is 0 Å². The van der Waals surface area contributed by atoms with E-state index in [0.717, 1.165) is 26.2 Å². The molecular formula is C14H22N2O. The van der Waals surface area contributed by atoms with Crippen LogP contribution in [-0.2, 0) is 4.74 Å². The van der Waals surface area contributed by atoms with Gasteiger partial charge in [0.25, 0.3) is 0 Å². The van der Waals surface area contributed by atoms with E-state index in [0.29, 0.717) is 5.92 Å². The Bertz CT molecular complexity index is 367. The van der Waals surface area contributed by atoms with Gasteiger partial charge in [-0.25, -0.2) is 0 Å². The molecule has 1 aliphatic heterocycles. The van der Waals surface area contributed by atoms with Gasteiger partial charge >= 0.3 is 0 Å². The van der Waals surface area contributed by atoms with E-state index in [1.807, 2.05) is 0 Å². The van der Waals surface area contributed by atoms with Crippen molar-refractivity contribution >= 4 is 5.69 Å². The Morgan fingerprint density at radius 2 is 2.18 bits per heavy atom. The van der Waals surface area contributed by atoms with E-state index in [1.54, 1.807) is 0 Å². The lowest BCUT2D eigenvalue weighted by atomic mass is 9.96. The number of benzene rings is 1. The Balaban J connectivity index is 2.01. The highest BCUT2D eigenvalue weighted by molar-refractivity contribution is 5.52. The summed E-state index contributed by atoms with van der Waals surface area (Å²) in [6.07, 6.45) is 0.978. The number of aryl methyl sites for hydroxylation is 1. The van der Waals surface area contributed by atoms with Gasteiger partial charge in [-0.2, -0.15) is 0 Å². The minimum absolute atomic E-state index is 0.273. The van der Waals surface area contributed by atoms with Crippen LogP contribution in [0.5, 0.6) is 0 Å². The van der Waals surface area contributed by atoms with Crippen LogP contribution in [0.2, 0.25) is 0 Å². The normalized spacial score (nSPS) is 24.6. The third-order valence-corrected chi connectivity index (χ3v) is 3.57. The Labute approximate surface area is 104 Å². The molecule has 2 unspecified atom stereocenters. The number of nitrogens with two attached hydrogens (primary N) is 1. The number of para-hydroxylation sites is 1. The van der Waals surface area contributed by atoms with Gasteiger partial charge in [0, 0.05) is 37.8 Å². The standard InChI is InChI=1S/C14H22N2O/c1-11-5-3-4-6-14(11)16(2)9-12-10-17-8-7-13(12)15/h3-6,12-13H,7-10,15H2,1-2H3. The average molecular weight is 234 g/mol. The minimum atomic E-state index is 0.273. The zero-order valence-electron chi connectivity index (χ0n) is 10.7. The summed E-state index contributed by atoms with van der Waals surface area (Å²) in [5.74, 6) is 0.438. The lowest BCUT2D eigenvalue weighted by molar-refractivity contribution is 0.0450. The highest BCUT2D eigenvalue weighted by atomic mass is 16.5. The van der Waals surface area contributed by atoms with E-state index in [2.05, 4.69) is 43.1 Å². The molecule has 2 rings (SSSR count). The van der Waals surface area contributed by atoms with Crippen LogP contribution in [0, 0.1) is 12.8 Å². The third-order valence-electron chi connectivity index (χ3n) is 3.57. The average Bonchev–Trinajstić information content (AvgIpc) is 2.32. The molecule has 0 bridgehead atoms. The first-order chi connectivity index (χ1) is 8.18. The number of hydrogen-bond donors (Lipinski definition) is 1. The van der Waals surface area contributed by atoms with Gasteiger partial charge in [-0.05, 0) is 25.0 Å². The minimum Gasteiger partial charge on any atom is -0.381 e. The zero-order valence-corrected chi connectivity index (χ0v) is 10.7. The lowest BCUT2D eigenvalue weighted by Crippen LogP contribution is -2.44. The van der Waals surface area contributed by atoms with Crippen molar-refractivity contribution in [3.63, 3.8) is 0 Å². The number of nitrogens with zero attached hydrogens (tertiary/aromatic N) is 1. The van der Waals surface area contributed by atoms with Gasteiger partial charge in [-0.1, -0.05) is 18.2 Å². The van der Waals surface area contributed by atoms with Crippen LogP contribution in [0.1, 0.15) is 12.0 Å². The summed E-state index contributed by atoms with van der Waals surface area (Å²) in [5.41, 5.74) is 8.73. The predicted octanol–water partition coefficient (Wildman–Crippen LogP) is 1.80. The lowest BCUT2D eigenvalue weighted by Gasteiger charge is -2.33. The topological polar surface area (TPSA) is 38.5 Å². The third kappa shape index (κ3) is 2.99. The van der Waals surface area contributed by atoms with Crippen molar-refractivity contribution in [2.24, 2.45) is 11.7 Å². The number of anilines is 1. The van der Waals surface area contributed by atoms with Crippen molar-refractivity contribution in [3.8, 4) is 0 Å². The first-order valence-electron chi connectivity index (χ1n) is 6.28. The van der Waals surface area contributed by atoms with Crippen molar-refractivity contribution in [1.82, 2.24) is 0 Å². The molecule has 1 heterocycles. The molecule has 0 aromatic heterocycles. The fourth-order valence-electron chi connectivity index (χ4n) is 2.44. The molecule has 1 aromatic carbocycles. The van der Waals surface area contributed by atoms with Crippen molar-refractivity contribution in [2.45, 2.75) is 19.4 Å². The Hall–Kier alpha value is -1.06. The number of rotatable bonds is 3. The van der Waals surface area contributed by atoms with E-state index in [1.165, 1.54) is 11.3 Å². The molecule has 2 atom stereocenters. The summed E-state index contributed by atoms with van der Waals surface area (Å²) >= 11 is 0. The fourth-order valence-corrected chi connectivity index (χ4v) is 2.44. The van der Waals surface area contributed by atoms with Crippen molar-refractivity contribution in [3.05, 3.63) is 29.8 Å². The Morgan fingerprint density at radius 3 is 2.88 bits per heavy atom. The number of hydrogen-bond acceptors (Lipinski definition) is 3. The predicted molar refractivity (Wildman–Crippen MR) is 71.4 cm³/mol. The second kappa shape index (κ2) is 5.52. The number of ether oxygens (including phenoxy) is 1. The molecule has 0 aliphatic carbocycles. The quantitative estimate of drug-likeness (QED) is 0.866. The SMILES string of the molecule is Cc1ccccc1N(C)CC1COCCC1N. The highest BCUT2D eigenvalue weighted by Crippen LogP contribution is 2.21. The molecule has 17 heavy (non-hydrogen) atoms. The van der Waals surface area contributed by atoms with Crippen LogP contribution in [-0.4, -0.2) is 32.8 Å². The molecule has 1 saturated heterocycles. The van der Waals surface area contributed by atoms with Gasteiger partial charge in [0.05, 0.1) is 6.61 Å². The molecule has 2 N–H and O–H groups in total. The van der Waals surface area contributed by atoms with Crippen LogP contribution in [0.15, 0.2) is 24.3 Å². The van der Waals surface area contributed by atoms with Crippen LogP contribution >= 0.6 is 0 Å². The van der Waals surface area contributed by atoms with Crippen LogP contribution < -0.4 is 10.6 Å². The molecule has 1 aromatic rings. The summed E-state index contributed by atoms with van der Waals surface area (Å²) in [4.78, 5) is 2.29. The summed E-state index contributed by atoms with van der Waals surface area (Å²) < 4.78 is 5.51. The monoisotopic (exact) mass is 234 g/mol. The summed E-state index contributed by atoms with van der Waals surface area (Å²) in [6, 6.07) is 8.72. The molecular weight excluding hydrogens is 212 g/mol. The first kappa shape index (κ1) is 12.4. The highest BCUT2D eigenvalue weighted by Gasteiger charge is 2.23. The van der Waals surface area contributed by atoms with E-state index in [4.69, 9.17) is 10.5 Å². The molecule has 0 spiro atoms. The van der Waals surface area contributed by atoms with E-state index in [9.17, 15) is 0 Å². The van der Waals surface area contributed by atoms with Gasteiger partial charge in [0.15, 0.2) is 0 Å². The maximum atomic E-state index is 6.14. The second-order valence-corrected chi connectivity index (χ2v) is 4.95. The van der Waals surface area contributed by atoms with Crippen molar-refractivity contribution in [1.29, 1.82) is 0 Å². The maximum Gasteiger partial charge on any atom is 0.0526 e. The molecule has 0 radical (unpaired) electrons. The van der Waals surface area contributed by atoms with Crippen LogP contribution in [0.3, 0.4) is 0 Å². The summed E-state index contributed by atoms with van der Waals surface area (Å²) in [5, 5.41) is 0. The molecule has 94 valence electrons. The first-order valence-corrected chi connectivity index (χ1v) is 6.28. The molecule has 1 fully saturated rings. The second-order valence-electron chi connectivity index (χ2n) is 4.95. The molecule has 3 heteroatoms. The Morgan fingerprint density at radius 1 is 1.41 bits per heavy atom. The van der Waals surface area contributed by atoms with E-state index < -0.39 is 0 Å². The molecule has 0 saturated carbocycles. The molecule has 0 amide bonds. The molecule has 3 nitrogen and oxygen atoms in total. The summed E-state index contributed by atoms with van der Waals surface area (Å²) in [6.45, 7) is 4.71. The largest absolute Gasteiger partial charge is 0.381 e. The van der Waals surface area contributed by atoms with Crippen LogP contribution in [0.4, 0.5) is 5.69 Å². The van der Waals surface area contributed by atoms with Crippen LogP contribution in [0.25, 0.3) is 0 Å². The molecule has 1 aliphatic rings. The van der Waals surface area contributed by atoms with Gasteiger partial charge < -0.3 is 15.4 Å².